The van der Waals surface area contributed by atoms with Crippen LogP contribution >= 0.6 is 0 Å². The summed E-state index contributed by atoms with van der Waals surface area (Å²) in [6, 6.07) is 0. The molecule has 6 nitrogen and oxygen atoms in total. The monoisotopic (exact) mass is 195 g/mol. The van der Waals surface area contributed by atoms with Crippen LogP contribution in [-0.4, -0.2) is 52.4 Å². The number of nitrogens with one attached hydrogen (secondary N) is 2. The number of hydrogen-bond donors (Lipinski definition) is 2. The van der Waals surface area contributed by atoms with E-state index in [1.165, 1.54) is 6.20 Å². The first-order valence-electron chi connectivity index (χ1n) is 4.73. The smallest absolute Gasteiger partial charge is 0.276 e. The molecule has 1 aromatic heterocycles. The summed E-state index contributed by atoms with van der Waals surface area (Å²) in [7, 11) is 0. The summed E-state index contributed by atoms with van der Waals surface area (Å²) in [4.78, 5) is 13.6. The Bertz CT molecular complexity index is 289. The SMILES string of the molecule is O=C(c1cn[nH]n1)N1CCCNCC1. The van der Waals surface area contributed by atoms with Crippen LogP contribution in [0.5, 0.6) is 0 Å². The molecule has 1 fully saturated rings. The third-order valence-electron chi connectivity index (χ3n) is 2.26. The zero-order valence-electron chi connectivity index (χ0n) is 7.86. The van der Waals surface area contributed by atoms with Gasteiger partial charge in [-0.2, -0.15) is 15.4 Å². The van der Waals surface area contributed by atoms with E-state index >= 15 is 0 Å². The van der Waals surface area contributed by atoms with E-state index in [0.717, 1.165) is 32.6 Å². The van der Waals surface area contributed by atoms with Crippen LogP contribution < -0.4 is 5.32 Å². The van der Waals surface area contributed by atoms with Gasteiger partial charge in [0.25, 0.3) is 5.91 Å². The van der Waals surface area contributed by atoms with Crippen molar-refractivity contribution >= 4 is 5.91 Å². The highest BCUT2D eigenvalue weighted by Crippen LogP contribution is 2.01. The van der Waals surface area contributed by atoms with Crippen LogP contribution in [-0.2, 0) is 0 Å². The number of H-pyrrole nitrogens is 1. The van der Waals surface area contributed by atoms with Gasteiger partial charge in [0.15, 0.2) is 5.69 Å². The fourth-order valence-corrected chi connectivity index (χ4v) is 1.52. The number of aromatic nitrogens is 3. The van der Waals surface area contributed by atoms with Crippen LogP contribution in [0.1, 0.15) is 16.9 Å². The summed E-state index contributed by atoms with van der Waals surface area (Å²) in [6.45, 7) is 3.36. The second-order valence-corrected chi connectivity index (χ2v) is 3.25. The summed E-state index contributed by atoms with van der Waals surface area (Å²) in [5, 5.41) is 13.1. The van der Waals surface area contributed by atoms with Crippen LogP contribution in [0.15, 0.2) is 6.20 Å². The van der Waals surface area contributed by atoms with Crippen molar-refractivity contribution in [2.45, 2.75) is 6.42 Å². The third kappa shape index (κ3) is 1.90. The molecular formula is C8H13N5O. The van der Waals surface area contributed by atoms with E-state index in [-0.39, 0.29) is 5.91 Å². The number of amides is 1. The Morgan fingerprint density at radius 1 is 1.43 bits per heavy atom. The van der Waals surface area contributed by atoms with Crippen molar-refractivity contribution in [1.29, 1.82) is 0 Å². The Morgan fingerprint density at radius 3 is 3.14 bits per heavy atom. The number of hydrogen-bond acceptors (Lipinski definition) is 4. The third-order valence-corrected chi connectivity index (χ3v) is 2.26. The molecule has 0 aliphatic carbocycles. The van der Waals surface area contributed by atoms with Gasteiger partial charge in [-0.25, -0.2) is 0 Å². The van der Waals surface area contributed by atoms with Crippen molar-refractivity contribution in [2.24, 2.45) is 0 Å². The maximum atomic E-state index is 11.8. The molecule has 1 saturated heterocycles. The molecule has 0 radical (unpaired) electrons. The zero-order chi connectivity index (χ0) is 9.80. The van der Waals surface area contributed by atoms with Crippen molar-refractivity contribution in [3.05, 3.63) is 11.9 Å². The molecule has 2 heterocycles. The quantitative estimate of drug-likeness (QED) is 0.617. The molecule has 0 bridgehead atoms. The minimum Gasteiger partial charge on any atom is -0.336 e. The summed E-state index contributed by atoms with van der Waals surface area (Å²) >= 11 is 0. The minimum atomic E-state index is -0.0394. The lowest BCUT2D eigenvalue weighted by Gasteiger charge is -2.17. The van der Waals surface area contributed by atoms with Gasteiger partial charge in [-0.1, -0.05) is 0 Å². The molecule has 0 spiro atoms. The lowest BCUT2D eigenvalue weighted by Crippen LogP contribution is -2.34. The van der Waals surface area contributed by atoms with Crippen molar-refractivity contribution in [3.8, 4) is 0 Å². The van der Waals surface area contributed by atoms with Gasteiger partial charge in [-0.3, -0.25) is 4.79 Å². The van der Waals surface area contributed by atoms with Crippen molar-refractivity contribution in [1.82, 2.24) is 25.6 Å². The summed E-state index contributed by atoms with van der Waals surface area (Å²) in [6.07, 6.45) is 2.45. The molecule has 2 N–H and O–H groups in total. The molecule has 1 amide bonds. The van der Waals surface area contributed by atoms with Crippen molar-refractivity contribution in [3.63, 3.8) is 0 Å². The largest absolute Gasteiger partial charge is 0.336 e. The Kier molecular flexibility index (Phi) is 2.73. The van der Waals surface area contributed by atoms with Crippen LogP contribution in [0, 0.1) is 0 Å². The number of aromatic amines is 1. The summed E-state index contributed by atoms with van der Waals surface area (Å²) < 4.78 is 0. The number of nitrogens with zero attached hydrogens (tertiary/aromatic N) is 3. The number of carbonyl (C=O) groups is 1. The average molecular weight is 195 g/mol. The van der Waals surface area contributed by atoms with Gasteiger partial charge in [0, 0.05) is 19.6 Å². The maximum Gasteiger partial charge on any atom is 0.276 e. The normalized spacial score (nSPS) is 17.9. The van der Waals surface area contributed by atoms with Gasteiger partial charge in [0.1, 0.15) is 0 Å². The average Bonchev–Trinajstić information content (AvgIpc) is 2.59. The maximum absolute atomic E-state index is 11.8. The molecule has 0 atom stereocenters. The van der Waals surface area contributed by atoms with Crippen LogP contribution in [0.3, 0.4) is 0 Å². The van der Waals surface area contributed by atoms with Crippen LogP contribution in [0.2, 0.25) is 0 Å². The molecule has 1 aromatic rings. The topological polar surface area (TPSA) is 73.9 Å². The van der Waals surface area contributed by atoms with Crippen LogP contribution in [0.4, 0.5) is 0 Å². The molecule has 0 saturated carbocycles. The fraction of sp³-hybridized carbons (Fsp3) is 0.625. The second kappa shape index (κ2) is 4.19. The molecule has 76 valence electrons. The zero-order valence-corrected chi connectivity index (χ0v) is 7.86. The molecule has 1 aliphatic heterocycles. The Balaban J connectivity index is 2.03. The Hall–Kier alpha value is -1.43. The van der Waals surface area contributed by atoms with Gasteiger partial charge < -0.3 is 10.2 Å². The molecule has 14 heavy (non-hydrogen) atoms. The molecular weight excluding hydrogens is 182 g/mol. The molecule has 2 rings (SSSR count). The number of carbonyl (C=O) groups excluding carboxylic acids is 1. The van der Waals surface area contributed by atoms with Crippen LogP contribution in [0.25, 0.3) is 0 Å². The second-order valence-electron chi connectivity index (χ2n) is 3.25. The van der Waals surface area contributed by atoms with E-state index in [4.69, 9.17) is 0 Å². The van der Waals surface area contributed by atoms with E-state index in [2.05, 4.69) is 20.7 Å². The lowest BCUT2D eigenvalue weighted by molar-refractivity contribution is 0.0760. The van der Waals surface area contributed by atoms with Gasteiger partial charge in [-0.15, -0.1) is 0 Å². The molecule has 6 heteroatoms. The highest BCUT2D eigenvalue weighted by Gasteiger charge is 2.18. The Morgan fingerprint density at radius 2 is 2.36 bits per heavy atom. The first-order valence-corrected chi connectivity index (χ1v) is 4.73. The fourth-order valence-electron chi connectivity index (χ4n) is 1.52. The van der Waals surface area contributed by atoms with Gasteiger partial charge in [0.05, 0.1) is 6.20 Å². The highest BCUT2D eigenvalue weighted by atomic mass is 16.2. The first kappa shape index (κ1) is 9.14. The van der Waals surface area contributed by atoms with E-state index in [1.807, 2.05) is 0 Å². The standard InChI is InChI=1S/C8H13N5O/c14-8(7-6-10-12-11-7)13-4-1-2-9-3-5-13/h6,9H,1-5H2,(H,10,11,12). The van der Waals surface area contributed by atoms with E-state index in [1.54, 1.807) is 4.90 Å². The summed E-state index contributed by atoms with van der Waals surface area (Å²) in [5.41, 5.74) is 0.395. The van der Waals surface area contributed by atoms with E-state index in [9.17, 15) is 4.79 Å². The lowest BCUT2D eigenvalue weighted by atomic mass is 10.3. The molecule has 0 unspecified atom stereocenters. The van der Waals surface area contributed by atoms with Gasteiger partial charge >= 0.3 is 0 Å². The van der Waals surface area contributed by atoms with E-state index in [0.29, 0.717) is 5.69 Å². The van der Waals surface area contributed by atoms with Crippen molar-refractivity contribution in [2.75, 3.05) is 26.2 Å². The predicted octanol–water partition coefficient (Wildman–Crippen LogP) is -0.760. The Labute approximate surface area is 81.7 Å². The molecule has 1 aliphatic rings. The summed E-state index contributed by atoms with van der Waals surface area (Å²) in [5.74, 6) is -0.0394. The first-order chi connectivity index (χ1) is 6.88. The van der Waals surface area contributed by atoms with Gasteiger partial charge in [-0.05, 0) is 13.0 Å². The highest BCUT2D eigenvalue weighted by molar-refractivity contribution is 5.91. The van der Waals surface area contributed by atoms with Gasteiger partial charge in [0.2, 0.25) is 0 Å². The number of rotatable bonds is 1. The van der Waals surface area contributed by atoms with E-state index < -0.39 is 0 Å². The molecule has 0 aromatic carbocycles. The predicted molar refractivity (Wildman–Crippen MR) is 49.8 cm³/mol. The van der Waals surface area contributed by atoms with Crippen molar-refractivity contribution < 1.29 is 4.79 Å². The minimum absolute atomic E-state index is 0.0394.